The second kappa shape index (κ2) is 9.87. The van der Waals surface area contributed by atoms with Gasteiger partial charge in [0.05, 0.1) is 20.8 Å². The summed E-state index contributed by atoms with van der Waals surface area (Å²) in [5.74, 6) is 2.08. The number of methoxy groups -OCH3 is 2. The van der Waals surface area contributed by atoms with Gasteiger partial charge in [0, 0.05) is 18.6 Å². The number of furan rings is 1. The van der Waals surface area contributed by atoms with E-state index in [4.69, 9.17) is 25.5 Å². The molecule has 0 unspecified atom stereocenters. The molecule has 0 aliphatic carbocycles. The monoisotopic (exact) mass is 393 g/mol. The van der Waals surface area contributed by atoms with Gasteiger partial charge >= 0.3 is 5.97 Å². The number of hydrogen-bond donors (Lipinski definition) is 2. The predicted molar refractivity (Wildman–Crippen MR) is 105 cm³/mol. The summed E-state index contributed by atoms with van der Waals surface area (Å²) in [6, 6.07) is 7.28. The first-order valence-corrected chi connectivity index (χ1v) is 8.80. The lowest BCUT2D eigenvalue weighted by atomic mass is 10.1. The van der Waals surface area contributed by atoms with Crippen LogP contribution in [0.5, 0.6) is 5.75 Å². The Balaban J connectivity index is 1.85. The molecule has 0 spiro atoms. The number of aryl methyl sites for hydroxylation is 1. The summed E-state index contributed by atoms with van der Waals surface area (Å²) in [4.78, 5) is 15.8. The average molecular weight is 394 g/mol. The fraction of sp³-hybridized carbons (Fsp3) is 0.368. The highest BCUT2D eigenvalue weighted by molar-refractivity contribution is 6.31. The van der Waals surface area contributed by atoms with Crippen molar-refractivity contribution in [2.75, 3.05) is 27.8 Å². The summed E-state index contributed by atoms with van der Waals surface area (Å²) in [6.45, 7) is 2.76. The smallest absolute Gasteiger partial charge is 0.341 e. The quantitative estimate of drug-likeness (QED) is 0.427. The van der Waals surface area contributed by atoms with Crippen LogP contribution < -0.4 is 15.4 Å². The van der Waals surface area contributed by atoms with Gasteiger partial charge in [0.15, 0.2) is 5.96 Å². The van der Waals surface area contributed by atoms with E-state index < -0.39 is 5.97 Å². The molecule has 7 nitrogen and oxygen atoms in total. The van der Waals surface area contributed by atoms with Crippen molar-refractivity contribution in [2.45, 2.75) is 19.9 Å². The summed E-state index contributed by atoms with van der Waals surface area (Å²) in [5.41, 5.74) is 1.44. The van der Waals surface area contributed by atoms with Crippen molar-refractivity contribution in [3.63, 3.8) is 0 Å². The Bertz CT molecular complexity index is 817. The van der Waals surface area contributed by atoms with Crippen molar-refractivity contribution in [3.05, 3.63) is 51.9 Å². The minimum absolute atomic E-state index is 0.390. The van der Waals surface area contributed by atoms with Gasteiger partial charge in [-0.1, -0.05) is 17.7 Å². The van der Waals surface area contributed by atoms with Gasteiger partial charge in [0.2, 0.25) is 0 Å². The number of carbonyl (C=O) groups is 1. The first-order valence-electron chi connectivity index (χ1n) is 8.43. The zero-order valence-electron chi connectivity index (χ0n) is 15.9. The SMILES string of the molecule is CN=C(NCCc1ccc(OC)cc1Cl)NCc1cc(C(=O)OC)c(C)o1. The molecule has 2 N–H and O–H groups in total. The van der Waals surface area contributed by atoms with Crippen molar-refractivity contribution in [2.24, 2.45) is 4.99 Å². The molecule has 2 aromatic rings. The van der Waals surface area contributed by atoms with E-state index in [1.54, 1.807) is 33.2 Å². The molecular formula is C19H24ClN3O4. The Labute approximate surface area is 163 Å². The lowest BCUT2D eigenvalue weighted by molar-refractivity contribution is 0.0599. The highest BCUT2D eigenvalue weighted by atomic mass is 35.5. The van der Waals surface area contributed by atoms with Crippen LogP contribution in [0.25, 0.3) is 0 Å². The zero-order valence-corrected chi connectivity index (χ0v) is 16.6. The molecule has 2 rings (SSSR count). The maximum Gasteiger partial charge on any atom is 0.341 e. The lowest BCUT2D eigenvalue weighted by Gasteiger charge is -2.12. The first-order chi connectivity index (χ1) is 13.0. The van der Waals surface area contributed by atoms with Crippen molar-refractivity contribution in [1.29, 1.82) is 0 Å². The van der Waals surface area contributed by atoms with Crippen LogP contribution in [-0.4, -0.2) is 39.7 Å². The molecule has 146 valence electrons. The molecule has 8 heteroatoms. The number of rotatable bonds is 7. The van der Waals surface area contributed by atoms with Gasteiger partial charge in [-0.15, -0.1) is 0 Å². The van der Waals surface area contributed by atoms with Crippen LogP contribution in [0.4, 0.5) is 0 Å². The van der Waals surface area contributed by atoms with Gasteiger partial charge in [0.1, 0.15) is 22.8 Å². The molecular weight excluding hydrogens is 370 g/mol. The van der Waals surface area contributed by atoms with E-state index in [1.807, 2.05) is 12.1 Å². The Morgan fingerprint density at radius 2 is 2.04 bits per heavy atom. The molecule has 1 aromatic carbocycles. The lowest BCUT2D eigenvalue weighted by Crippen LogP contribution is -2.37. The Morgan fingerprint density at radius 3 is 2.67 bits per heavy atom. The number of aliphatic imine (C=N–C) groups is 1. The number of nitrogens with zero attached hydrogens (tertiary/aromatic N) is 1. The van der Waals surface area contributed by atoms with E-state index in [2.05, 4.69) is 15.6 Å². The van der Waals surface area contributed by atoms with Gasteiger partial charge in [-0.25, -0.2) is 4.79 Å². The number of guanidine groups is 1. The molecule has 1 heterocycles. The van der Waals surface area contributed by atoms with E-state index in [0.29, 0.717) is 41.2 Å². The summed E-state index contributed by atoms with van der Waals surface area (Å²) in [5, 5.41) is 7.02. The minimum Gasteiger partial charge on any atom is -0.497 e. The topological polar surface area (TPSA) is 85.1 Å². The van der Waals surface area contributed by atoms with Crippen molar-refractivity contribution < 1.29 is 18.7 Å². The molecule has 0 fully saturated rings. The number of esters is 1. The molecule has 0 radical (unpaired) electrons. The fourth-order valence-corrected chi connectivity index (χ4v) is 2.77. The van der Waals surface area contributed by atoms with Crippen LogP contribution in [0, 0.1) is 6.92 Å². The summed E-state index contributed by atoms with van der Waals surface area (Å²) in [7, 11) is 4.63. The van der Waals surface area contributed by atoms with Crippen molar-refractivity contribution in [3.8, 4) is 5.75 Å². The van der Waals surface area contributed by atoms with E-state index in [0.717, 1.165) is 17.7 Å². The summed E-state index contributed by atoms with van der Waals surface area (Å²) >= 11 is 6.25. The highest BCUT2D eigenvalue weighted by Gasteiger charge is 2.15. The Hall–Kier alpha value is -2.67. The zero-order chi connectivity index (χ0) is 19.8. The van der Waals surface area contributed by atoms with Crippen molar-refractivity contribution in [1.82, 2.24) is 10.6 Å². The van der Waals surface area contributed by atoms with Gasteiger partial charge in [-0.2, -0.15) is 0 Å². The third kappa shape index (κ3) is 5.65. The van der Waals surface area contributed by atoms with E-state index in [1.165, 1.54) is 7.11 Å². The van der Waals surface area contributed by atoms with Gasteiger partial charge < -0.3 is 24.5 Å². The molecule has 0 amide bonds. The molecule has 0 saturated heterocycles. The first kappa shape index (κ1) is 20.6. The second-order valence-corrected chi connectivity index (χ2v) is 6.14. The number of hydrogen-bond acceptors (Lipinski definition) is 5. The van der Waals surface area contributed by atoms with E-state index >= 15 is 0 Å². The largest absolute Gasteiger partial charge is 0.497 e. The van der Waals surface area contributed by atoms with E-state index in [-0.39, 0.29) is 0 Å². The molecule has 0 aliphatic rings. The van der Waals surface area contributed by atoms with Crippen LogP contribution in [0.15, 0.2) is 33.7 Å². The minimum atomic E-state index is -0.415. The van der Waals surface area contributed by atoms with Gasteiger partial charge in [-0.05, 0) is 37.1 Å². The number of ether oxygens (including phenoxy) is 2. The van der Waals surface area contributed by atoms with Gasteiger partial charge in [-0.3, -0.25) is 4.99 Å². The Morgan fingerprint density at radius 1 is 1.26 bits per heavy atom. The molecule has 27 heavy (non-hydrogen) atoms. The standard InChI is InChI=1S/C19H24ClN3O4/c1-12-16(18(24)26-4)9-15(27-12)11-23-19(21-2)22-8-7-13-5-6-14(25-3)10-17(13)20/h5-6,9-10H,7-8,11H2,1-4H3,(H2,21,22,23). The number of benzene rings is 1. The highest BCUT2D eigenvalue weighted by Crippen LogP contribution is 2.22. The summed E-state index contributed by atoms with van der Waals surface area (Å²) < 4.78 is 15.4. The number of nitrogens with one attached hydrogen (secondary N) is 2. The van der Waals surface area contributed by atoms with Crippen LogP contribution in [0.2, 0.25) is 5.02 Å². The van der Waals surface area contributed by atoms with Crippen molar-refractivity contribution >= 4 is 23.5 Å². The molecule has 0 atom stereocenters. The van der Waals surface area contributed by atoms with Gasteiger partial charge in [0.25, 0.3) is 0 Å². The second-order valence-electron chi connectivity index (χ2n) is 5.73. The average Bonchev–Trinajstić information content (AvgIpc) is 3.05. The van der Waals surface area contributed by atoms with Crippen LogP contribution in [0.1, 0.15) is 27.4 Å². The fourth-order valence-electron chi connectivity index (χ4n) is 2.51. The molecule has 0 bridgehead atoms. The summed E-state index contributed by atoms with van der Waals surface area (Å²) in [6.07, 6.45) is 0.732. The predicted octanol–water partition coefficient (Wildman–Crippen LogP) is 2.94. The molecule has 0 aliphatic heterocycles. The molecule has 0 saturated carbocycles. The van der Waals surface area contributed by atoms with Crippen LogP contribution >= 0.6 is 11.6 Å². The van der Waals surface area contributed by atoms with Crippen LogP contribution in [0.3, 0.4) is 0 Å². The normalized spacial score (nSPS) is 11.2. The third-order valence-corrected chi connectivity index (χ3v) is 4.33. The van der Waals surface area contributed by atoms with E-state index in [9.17, 15) is 4.79 Å². The Kier molecular flexibility index (Phi) is 7.55. The maximum absolute atomic E-state index is 11.6. The number of halogens is 1. The van der Waals surface area contributed by atoms with Crippen LogP contribution in [-0.2, 0) is 17.7 Å². The number of carbonyl (C=O) groups excluding carboxylic acids is 1. The third-order valence-electron chi connectivity index (χ3n) is 3.97. The maximum atomic E-state index is 11.6. The molecule has 1 aromatic heterocycles.